The van der Waals surface area contributed by atoms with Crippen LogP contribution in [0.5, 0.6) is 0 Å². The van der Waals surface area contributed by atoms with Gasteiger partial charge in [-0.3, -0.25) is 4.98 Å². The van der Waals surface area contributed by atoms with E-state index in [2.05, 4.69) is 22.5 Å². The van der Waals surface area contributed by atoms with Gasteiger partial charge in [0.2, 0.25) is 5.69 Å². The minimum Gasteiger partial charge on any atom is -0.264 e. The first-order chi connectivity index (χ1) is 9.61. The zero-order valence-electron chi connectivity index (χ0n) is 12.4. The number of nitrogens with zero attached hydrogens (tertiary/aromatic N) is 2. The van der Waals surface area contributed by atoms with Gasteiger partial charge in [-0.15, -0.1) is 0 Å². The monoisotopic (exact) mass is 250 g/mol. The summed E-state index contributed by atoms with van der Waals surface area (Å²) < 4.78 is 10.4. The molecule has 0 fully saturated rings. The van der Waals surface area contributed by atoms with Crippen molar-refractivity contribution in [3.05, 3.63) is 60.0 Å². The highest BCUT2D eigenvalue weighted by molar-refractivity contribution is 5.93. The summed E-state index contributed by atoms with van der Waals surface area (Å²) in [5.74, 6) is 0. The van der Waals surface area contributed by atoms with Crippen LogP contribution in [0.1, 0.15) is 12.6 Å². The second-order valence-corrected chi connectivity index (χ2v) is 4.85. The van der Waals surface area contributed by atoms with Crippen molar-refractivity contribution in [1.29, 1.82) is 0 Å². The number of benzene rings is 1. The first kappa shape index (κ1) is 10.7. The highest BCUT2D eigenvalue weighted by Crippen LogP contribution is 2.27. The van der Waals surface area contributed by atoms with Crippen LogP contribution in [0.15, 0.2) is 48.8 Å². The first-order valence-electron chi connectivity index (χ1n) is 6.90. The largest absolute Gasteiger partial charge is 0.264 e. The van der Waals surface area contributed by atoms with Crippen molar-refractivity contribution in [3.63, 3.8) is 0 Å². The van der Waals surface area contributed by atoms with Gasteiger partial charge in [-0.05, 0) is 30.0 Å². The molecule has 0 aliphatic carbocycles. The van der Waals surface area contributed by atoms with Crippen molar-refractivity contribution in [3.8, 4) is 11.3 Å². The fourth-order valence-electron chi connectivity index (χ4n) is 2.49. The summed E-state index contributed by atoms with van der Waals surface area (Å²) in [5, 5.41) is 2.11. The predicted octanol–water partition coefficient (Wildman–Crippen LogP) is 3.34. The van der Waals surface area contributed by atoms with Crippen LogP contribution in [-0.2, 0) is 7.05 Å². The third-order valence-corrected chi connectivity index (χ3v) is 3.61. The maximum Gasteiger partial charge on any atom is 0.220 e. The number of hydrogen-bond acceptors (Lipinski definition) is 1. The van der Waals surface area contributed by atoms with Gasteiger partial charge in [-0.2, -0.15) is 4.57 Å². The molecule has 0 aliphatic rings. The Morgan fingerprint density at radius 2 is 1.95 bits per heavy atom. The lowest BCUT2D eigenvalue weighted by Crippen LogP contribution is -2.35. The van der Waals surface area contributed by atoms with E-state index in [0.29, 0.717) is 6.04 Å². The number of rotatable bonds is 1. The molecular weight excluding hydrogens is 232 g/mol. The molecule has 2 heteroatoms. The fraction of sp³-hybridized carbons (Fsp3) is 0.176. The van der Waals surface area contributed by atoms with Gasteiger partial charge in [-0.25, -0.2) is 0 Å². The molecule has 0 N–H and O–H groups in total. The molecule has 0 spiro atoms. The topological polar surface area (TPSA) is 16.8 Å². The van der Waals surface area contributed by atoms with Crippen LogP contribution in [0.4, 0.5) is 0 Å². The van der Waals surface area contributed by atoms with E-state index in [-0.39, 0.29) is 0 Å². The molecule has 0 bridgehead atoms. The molecule has 0 amide bonds. The molecule has 3 rings (SSSR count). The third-order valence-electron chi connectivity index (χ3n) is 3.61. The molecule has 94 valence electrons. The standard InChI is InChI=1S/C17H17N2/c1-12-11-18-9-8-15(12)17-16-7-5-4-6-14(16)10-13(2)19(17)3/h4-11H,1-3H3/q+1/i10D. The Morgan fingerprint density at radius 1 is 1.16 bits per heavy atom. The zero-order valence-corrected chi connectivity index (χ0v) is 11.4. The second kappa shape index (κ2) is 4.47. The summed E-state index contributed by atoms with van der Waals surface area (Å²) in [4.78, 5) is 4.17. The van der Waals surface area contributed by atoms with E-state index in [0.717, 1.165) is 27.7 Å². The lowest BCUT2D eigenvalue weighted by molar-refractivity contribution is -0.665. The summed E-state index contributed by atoms with van der Waals surface area (Å²) in [6.45, 7) is 4.07. The summed E-state index contributed by atoms with van der Waals surface area (Å²) in [6, 6.07) is 10.8. The Morgan fingerprint density at radius 3 is 2.74 bits per heavy atom. The van der Waals surface area contributed by atoms with Gasteiger partial charge >= 0.3 is 0 Å². The van der Waals surface area contributed by atoms with Crippen LogP contribution in [-0.4, -0.2) is 4.98 Å². The zero-order chi connectivity index (χ0) is 14.3. The highest BCUT2D eigenvalue weighted by Gasteiger charge is 2.18. The van der Waals surface area contributed by atoms with Crippen LogP contribution in [0.3, 0.4) is 0 Å². The maximum absolute atomic E-state index is 8.31. The van der Waals surface area contributed by atoms with Crippen molar-refractivity contribution in [2.45, 2.75) is 13.8 Å². The molecule has 0 saturated heterocycles. The third kappa shape index (κ3) is 1.89. The quantitative estimate of drug-likeness (QED) is 0.605. The molecule has 0 saturated carbocycles. The molecule has 2 nitrogen and oxygen atoms in total. The number of pyridine rings is 2. The van der Waals surface area contributed by atoms with Crippen molar-refractivity contribution >= 4 is 10.8 Å². The van der Waals surface area contributed by atoms with Crippen molar-refractivity contribution in [2.24, 2.45) is 7.05 Å². The van der Waals surface area contributed by atoms with Crippen LogP contribution in [0.2, 0.25) is 0 Å². The van der Waals surface area contributed by atoms with E-state index in [1.54, 1.807) is 0 Å². The lowest BCUT2D eigenvalue weighted by Gasteiger charge is -2.09. The van der Waals surface area contributed by atoms with E-state index >= 15 is 0 Å². The molecule has 2 aromatic heterocycles. The van der Waals surface area contributed by atoms with Gasteiger partial charge in [0.05, 0.1) is 12.3 Å². The minimum atomic E-state index is 0.596. The summed E-state index contributed by atoms with van der Waals surface area (Å²) in [5.41, 5.74) is 4.43. The molecule has 3 aromatic rings. The number of hydrogen-bond donors (Lipinski definition) is 0. The van der Waals surface area contributed by atoms with Crippen molar-refractivity contribution < 1.29 is 5.94 Å². The number of aromatic nitrogens is 2. The molecular formula is C17H17N2+. The average Bonchev–Trinajstić information content (AvgIpc) is 2.47. The van der Waals surface area contributed by atoms with Crippen LogP contribution in [0.25, 0.3) is 22.0 Å². The molecule has 0 radical (unpaired) electrons. The number of aryl methyl sites for hydroxylation is 1. The van der Waals surface area contributed by atoms with Crippen molar-refractivity contribution in [1.82, 2.24) is 4.98 Å². The van der Waals surface area contributed by atoms with Crippen LogP contribution >= 0.6 is 0 Å². The maximum atomic E-state index is 8.31. The van der Waals surface area contributed by atoms with Gasteiger partial charge in [0.15, 0.2) is 5.69 Å². The van der Waals surface area contributed by atoms with Gasteiger partial charge in [0, 0.05) is 25.4 Å². The smallest absolute Gasteiger partial charge is 0.220 e. The Labute approximate surface area is 114 Å². The predicted molar refractivity (Wildman–Crippen MR) is 77.8 cm³/mol. The van der Waals surface area contributed by atoms with E-state index in [4.69, 9.17) is 1.37 Å². The summed E-state index contributed by atoms with van der Waals surface area (Å²) in [7, 11) is 2.02. The summed E-state index contributed by atoms with van der Waals surface area (Å²) >= 11 is 0. The first-order valence-corrected chi connectivity index (χ1v) is 6.40. The van der Waals surface area contributed by atoms with Crippen molar-refractivity contribution in [2.75, 3.05) is 0 Å². The molecule has 0 atom stereocenters. The van der Waals surface area contributed by atoms with E-state index in [9.17, 15) is 0 Å². The van der Waals surface area contributed by atoms with E-state index < -0.39 is 0 Å². The fourth-order valence-corrected chi connectivity index (χ4v) is 2.49. The van der Waals surface area contributed by atoms with E-state index in [1.165, 1.54) is 5.56 Å². The van der Waals surface area contributed by atoms with Crippen LogP contribution in [0, 0.1) is 13.8 Å². The van der Waals surface area contributed by atoms with Gasteiger partial charge in [-0.1, -0.05) is 18.2 Å². The Balaban J connectivity index is 2.51. The van der Waals surface area contributed by atoms with Gasteiger partial charge in [0.1, 0.15) is 7.05 Å². The molecule has 0 aliphatic heterocycles. The second-order valence-electron chi connectivity index (χ2n) is 4.85. The molecule has 0 unspecified atom stereocenters. The highest BCUT2D eigenvalue weighted by atomic mass is 14.9. The molecule has 1 aromatic carbocycles. The molecule has 2 heterocycles. The molecule has 19 heavy (non-hydrogen) atoms. The Kier molecular flexibility index (Phi) is 2.51. The minimum absolute atomic E-state index is 0.596. The number of fused-ring (bicyclic) bond motifs is 1. The van der Waals surface area contributed by atoms with E-state index in [1.807, 2.05) is 50.6 Å². The Hall–Kier alpha value is -2.22. The average molecular weight is 250 g/mol. The SMILES string of the molecule is [2H]c1c(C)[n+](C)c(-c2ccncc2C)c2ccccc12. The summed E-state index contributed by atoms with van der Waals surface area (Å²) in [6.07, 6.45) is 3.70. The Bertz CT molecular complexity index is 809. The lowest BCUT2D eigenvalue weighted by atomic mass is 10.0. The van der Waals surface area contributed by atoms with Gasteiger partial charge in [0.25, 0.3) is 0 Å². The normalized spacial score (nSPS) is 11.6. The van der Waals surface area contributed by atoms with Gasteiger partial charge < -0.3 is 0 Å². The van der Waals surface area contributed by atoms with Crippen LogP contribution < -0.4 is 4.57 Å².